The van der Waals surface area contributed by atoms with E-state index in [1.165, 1.54) is 11.9 Å². The van der Waals surface area contributed by atoms with E-state index >= 15 is 0 Å². The van der Waals surface area contributed by atoms with Crippen molar-refractivity contribution in [3.05, 3.63) is 12.2 Å². The highest BCUT2D eigenvalue weighted by atomic mass is 16.5. The Morgan fingerprint density at radius 1 is 1.47 bits per heavy atom. The maximum absolute atomic E-state index is 12.0. The van der Waals surface area contributed by atoms with Crippen LogP contribution in [-0.4, -0.2) is 48.7 Å². The summed E-state index contributed by atoms with van der Waals surface area (Å²) in [7, 11) is 3.11. The lowest BCUT2D eigenvalue weighted by molar-refractivity contribution is -0.151. The topological polar surface area (TPSA) is 49.9 Å². The predicted octanol–water partition coefficient (Wildman–Crippen LogP) is 0.429. The number of rotatable bonds is 0. The van der Waals surface area contributed by atoms with Crippen LogP contribution in [0.5, 0.6) is 0 Å². The van der Waals surface area contributed by atoms with Gasteiger partial charge in [-0.15, -0.1) is 0 Å². The highest BCUT2D eigenvalue weighted by molar-refractivity contribution is 6.01. The smallest absolute Gasteiger partial charge is 0.328 e. The Labute approximate surface area is 88.3 Å². The molecule has 15 heavy (non-hydrogen) atoms. The molecule has 2 aliphatic heterocycles. The number of nitrogens with zero attached hydrogens (tertiary/aromatic N) is 2. The predicted molar refractivity (Wildman–Crippen MR) is 52.9 cm³/mol. The van der Waals surface area contributed by atoms with Gasteiger partial charge in [-0.05, 0) is 12.5 Å². The lowest BCUT2D eigenvalue weighted by Crippen LogP contribution is -2.62. The molecular weight excluding hydrogens is 196 g/mol. The Kier molecular flexibility index (Phi) is 1.91. The lowest BCUT2D eigenvalue weighted by atomic mass is 9.80. The molecule has 2 fully saturated rings. The average Bonchev–Trinajstić information content (AvgIpc) is 2.51. The number of ether oxygens (including phenoxy) is 1. The van der Waals surface area contributed by atoms with Crippen molar-refractivity contribution in [1.82, 2.24) is 9.80 Å². The van der Waals surface area contributed by atoms with E-state index in [9.17, 15) is 9.59 Å². The van der Waals surface area contributed by atoms with Crippen molar-refractivity contribution < 1.29 is 14.3 Å². The first-order valence-corrected chi connectivity index (χ1v) is 4.75. The molecule has 0 aromatic carbocycles. The molecule has 0 saturated carbocycles. The first-order chi connectivity index (χ1) is 6.90. The van der Waals surface area contributed by atoms with Gasteiger partial charge in [0.1, 0.15) is 5.41 Å². The minimum absolute atomic E-state index is 0.238. The Hall–Kier alpha value is -1.36. The minimum atomic E-state index is -0.794. The molecule has 2 aliphatic rings. The van der Waals surface area contributed by atoms with Crippen LogP contribution < -0.4 is 0 Å². The normalized spacial score (nSPS) is 36.2. The summed E-state index contributed by atoms with van der Waals surface area (Å²) in [5, 5.41) is 0. The number of carbonyl (C=O) groups is 2. The van der Waals surface area contributed by atoms with Gasteiger partial charge in [0.2, 0.25) is 5.91 Å². The maximum Gasteiger partial charge on any atom is 0.328 e. The number of carbonyl (C=O) groups excluding carboxylic acids is 2. The van der Waals surface area contributed by atoms with E-state index in [4.69, 9.17) is 4.74 Å². The van der Waals surface area contributed by atoms with Crippen LogP contribution in [0.15, 0.2) is 12.2 Å². The Morgan fingerprint density at radius 3 is 2.67 bits per heavy atom. The first kappa shape index (κ1) is 10.2. The third kappa shape index (κ3) is 1.01. The van der Waals surface area contributed by atoms with E-state index in [0.29, 0.717) is 6.61 Å². The zero-order valence-electron chi connectivity index (χ0n) is 9.11. The molecule has 0 radical (unpaired) electrons. The monoisotopic (exact) mass is 210 g/mol. The summed E-state index contributed by atoms with van der Waals surface area (Å²) in [6, 6.07) is -0.336. The number of hydrogen-bond acceptors (Lipinski definition) is 3. The molecule has 82 valence electrons. The standard InChI is InChI=1S/C10H14N2O3/c1-6-5-15-8-10(6,2)7(13)11(3)9(14)12(8)4/h8H,1,5H2,2-4H3/t8-,10-/m0/s1. The molecule has 2 rings (SSSR count). The SMILES string of the molecule is C=C1CO[C@@H]2N(C)C(=O)N(C)C(=O)[C@]12C. The van der Waals surface area contributed by atoms with Gasteiger partial charge in [0.15, 0.2) is 6.23 Å². The van der Waals surface area contributed by atoms with Gasteiger partial charge in [0, 0.05) is 14.1 Å². The molecule has 5 nitrogen and oxygen atoms in total. The van der Waals surface area contributed by atoms with E-state index in [-0.39, 0.29) is 11.9 Å². The van der Waals surface area contributed by atoms with Crippen LogP contribution in [0.25, 0.3) is 0 Å². The molecule has 2 heterocycles. The molecule has 0 bridgehead atoms. The molecule has 0 aromatic rings. The van der Waals surface area contributed by atoms with E-state index in [1.54, 1.807) is 14.0 Å². The van der Waals surface area contributed by atoms with Crippen molar-refractivity contribution in [2.45, 2.75) is 13.2 Å². The van der Waals surface area contributed by atoms with Crippen molar-refractivity contribution in [1.29, 1.82) is 0 Å². The minimum Gasteiger partial charge on any atom is -0.352 e. The fourth-order valence-corrected chi connectivity index (χ4v) is 2.20. The summed E-state index contributed by atoms with van der Waals surface area (Å²) in [5.74, 6) is -0.238. The van der Waals surface area contributed by atoms with Gasteiger partial charge in [-0.1, -0.05) is 6.58 Å². The van der Waals surface area contributed by atoms with Gasteiger partial charge in [-0.2, -0.15) is 0 Å². The van der Waals surface area contributed by atoms with Gasteiger partial charge in [-0.3, -0.25) is 14.6 Å². The summed E-state index contributed by atoms with van der Waals surface area (Å²) in [5.41, 5.74) is -0.0686. The Bertz CT molecular complexity index is 364. The van der Waals surface area contributed by atoms with Crippen LogP contribution >= 0.6 is 0 Å². The van der Waals surface area contributed by atoms with Gasteiger partial charge in [-0.25, -0.2) is 4.79 Å². The van der Waals surface area contributed by atoms with Crippen molar-refractivity contribution >= 4 is 11.9 Å². The van der Waals surface area contributed by atoms with Crippen LogP contribution in [0.3, 0.4) is 0 Å². The third-order valence-electron chi connectivity index (χ3n) is 3.33. The summed E-state index contributed by atoms with van der Waals surface area (Å²) in [4.78, 5) is 26.2. The molecule has 0 spiro atoms. The van der Waals surface area contributed by atoms with Crippen molar-refractivity contribution in [2.75, 3.05) is 20.7 Å². The van der Waals surface area contributed by atoms with Crippen molar-refractivity contribution in [3.8, 4) is 0 Å². The van der Waals surface area contributed by atoms with E-state index in [2.05, 4.69) is 6.58 Å². The van der Waals surface area contributed by atoms with Gasteiger partial charge < -0.3 is 4.74 Å². The maximum atomic E-state index is 12.0. The number of hydrogen-bond donors (Lipinski definition) is 0. The second-order valence-electron chi connectivity index (χ2n) is 4.23. The average molecular weight is 210 g/mol. The van der Waals surface area contributed by atoms with E-state index in [1.807, 2.05) is 0 Å². The highest BCUT2D eigenvalue weighted by Crippen LogP contribution is 2.43. The molecule has 5 heteroatoms. The number of imide groups is 1. The van der Waals surface area contributed by atoms with Gasteiger partial charge in [0.05, 0.1) is 6.61 Å². The number of urea groups is 1. The zero-order chi connectivity index (χ0) is 11.4. The largest absolute Gasteiger partial charge is 0.352 e. The summed E-state index contributed by atoms with van der Waals surface area (Å²) < 4.78 is 5.43. The van der Waals surface area contributed by atoms with Crippen LogP contribution in [0.2, 0.25) is 0 Å². The summed E-state index contributed by atoms with van der Waals surface area (Å²) in [6.45, 7) is 5.95. The Balaban J connectivity index is 2.49. The number of amides is 3. The molecule has 0 aliphatic carbocycles. The number of fused-ring (bicyclic) bond motifs is 1. The fraction of sp³-hybridized carbons (Fsp3) is 0.600. The first-order valence-electron chi connectivity index (χ1n) is 4.75. The van der Waals surface area contributed by atoms with E-state index < -0.39 is 11.6 Å². The fourth-order valence-electron chi connectivity index (χ4n) is 2.20. The van der Waals surface area contributed by atoms with Crippen LogP contribution in [0, 0.1) is 5.41 Å². The summed E-state index contributed by atoms with van der Waals surface area (Å²) >= 11 is 0. The molecule has 0 N–H and O–H groups in total. The molecule has 0 aromatic heterocycles. The second kappa shape index (κ2) is 2.82. The quantitative estimate of drug-likeness (QED) is 0.545. The summed E-state index contributed by atoms with van der Waals surface area (Å²) in [6.07, 6.45) is -0.513. The van der Waals surface area contributed by atoms with Gasteiger partial charge in [0.25, 0.3) is 0 Å². The zero-order valence-corrected chi connectivity index (χ0v) is 9.11. The lowest BCUT2D eigenvalue weighted by Gasteiger charge is -2.43. The second-order valence-corrected chi connectivity index (χ2v) is 4.23. The molecule has 0 unspecified atom stereocenters. The molecule has 2 atom stereocenters. The molecular formula is C10H14N2O3. The molecule has 2 saturated heterocycles. The van der Waals surface area contributed by atoms with Gasteiger partial charge >= 0.3 is 6.03 Å². The molecule has 3 amide bonds. The van der Waals surface area contributed by atoms with Crippen molar-refractivity contribution in [2.24, 2.45) is 5.41 Å². The third-order valence-corrected chi connectivity index (χ3v) is 3.33. The highest BCUT2D eigenvalue weighted by Gasteiger charge is 2.57. The van der Waals surface area contributed by atoms with Crippen LogP contribution in [0.1, 0.15) is 6.92 Å². The van der Waals surface area contributed by atoms with Crippen molar-refractivity contribution in [3.63, 3.8) is 0 Å². The van der Waals surface area contributed by atoms with E-state index in [0.717, 1.165) is 10.5 Å². The van der Waals surface area contributed by atoms with Crippen LogP contribution in [0.4, 0.5) is 4.79 Å². The van der Waals surface area contributed by atoms with Crippen LogP contribution in [-0.2, 0) is 9.53 Å². The Morgan fingerprint density at radius 2 is 2.07 bits per heavy atom.